The van der Waals surface area contributed by atoms with Crippen molar-refractivity contribution in [3.05, 3.63) is 0 Å². The first-order valence-corrected chi connectivity index (χ1v) is 9.96. The molecule has 2 rings (SSSR count). The van der Waals surface area contributed by atoms with E-state index in [9.17, 15) is 4.79 Å². The zero-order valence-electron chi connectivity index (χ0n) is 16.7. The van der Waals surface area contributed by atoms with E-state index >= 15 is 0 Å². The molecule has 0 bridgehead atoms. The number of ether oxygens (including phenoxy) is 2. The van der Waals surface area contributed by atoms with Gasteiger partial charge in [-0.3, -0.25) is 4.79 Å². The molecule has 1 heterocycles. The number of guanidine groups is 1. The molecule has 1 atom stereocenters. The van der Waals surface area contributed by atoms with E-state index in [0.717, 1.165) is 52.2 Å². The summed E-state index contributed by atoms with van der Waals surface area (Å²) in [6.45, 7) is 6.20. The van der Waals surface area contributed by atoms with Crippen molar-refractivity contribution in [1.29, 1.82) is 0 Å². The number of amides is 1. The van der Waals surface area contributed by atoms with E-state index in [1.165, 1.54) is 19.3 Å². The minimum absolute atomic E-state index is 0.00232. The van der Waals surface area contributed by atoms with Gasteiger partial charge in [-0.15, -0.1) is 0 Å². The summed E-state index contributed by atoms with van der Waals surface area (Å²) >= 11 is 0. The topological polar surface area (TPSA) is 75.2 Å². The Morgan fingerprint density at radius 1 is 1.31 bits per heavy atom. The first-order chi connectivity index (χ1) is 12.5. The molecule has 1 saturated heterocycles. The zero-order valence-corrected chi connectivity index (χ0v) is 16.7. The fourth-order valence-electron chi connectivity index (χ4n) is 3.04. The minimum Gasteiger partial charge on any atom is -0.382 e. The van der Waals surface area contributed by atoms with Crippen molar-refractivity contribution in [2.24, 2.45) is 10.4 Å². The molecule has 2 fully saturated rings. The molecular formula is C19H36N4O3. The van der Waals surface area contributed by atoms with E-state index in [-0.39, 0.29) is 18.6 Å². The highest BCUT2D eigenvalue weighted by molar-refractivity contribution is 5.84. The molecule has 0 aromatic carbocycles. The molecule has 0 aromatic heterocycles. The summed E-state index contributed by atoms with van der Waals surface area (Å²) in [6.07, 6.45) is 7.19. The zero-order chi connectivity index (χ0) is 18.8. The van der Waals surface area contributed by atoms with E-state index in [4.69, 9.17) is 9.47 Å². The number of nitrogens with one attached hydrogen (secondary N) is 2. The lowest BCUT2D eigenvalue weighted by Gasteiger charge is -2.24. The second-order valence-electron chi connectivity index (χ2n) is 7.62. The van der Waals surface area contributed by atoms with Crippen molar-refractivity contribution in [2.75, 3.05) is 53.6 Å². The van der Waals surface area contributed by atoms with Gasteiger partial charge < -0.3 is 25.0 Å². The molecule has 0 aromatic rings. The second-order valence-corrected chi connectivity index (χ2v) is 7.62. The minimum atomic E-state index is -0.00232. The molecule has 1 saturated carbocycles. The molecule has 0 spiro atoms. The first kappa shape index (κ1) is 21.0. The lowest BCUT2D eigenvalue weighted by molar-refractivity contribution is -0.127. The number of carbonyl (C=O) groups is 1. The number of nitrogens with zero attached hydrogens (tertiary/aromatic N) is 2. The standard InChI is InChI=1S/C19H36N4O3/c1-4-25-12-10-19(8-9-19)15-22-18(21-14-17(24)23(2)3)20-13-16-7-5-6-11-26-16/h16H,4-15H2,1-3H3,(H2,20,21,22). The summed E-state index contributed by atoms with van der Waals surface area (Å²) in [6, 6.07) is 0. The highest BCUT2D eigenvalue weighted by Crippen LogP contribution is 2.48. The van der Waals surface area contributed by atoms with Crippen molar-refractivity contribution >= 4 is 11.9 Å². The van der Waals surface area contributed by atoms with Crippen LogP contribution in [0.2, 0.25) is 0 Å². The lowest BCUT2D eigenvalue weighted by Crippen LogP contribution is -2.45. The van der Waals surface area contributed by atoms with Gasteiger partial charge in [0.15, 0.2) is 5.96 Å². The smallest absolute Gasteiger partial charge is 0.243 e. The van der Waals surface area contributed by atoms with Crippen LogP contribution in [0.3, 0.4) is 0 Å². The SMILES string of the molecule is CCOCCC1(CNC(=NCC(=O)N(C)C)NCC2CCCCO2)CC1. The van der Waals surface area contributed by atoms with Gasteiger partial charge in [0.25, 0.3) is 0 Å². The number of carbonyl (C=O) groups excluding carboxylic acids is 1. The summed E-state index contributed by atoms with van der Waals surface area (Å²) in [5, 5.41) is 6.80. The van der Waals surface area contributed by atoms with Crippen LogP contribution in [0.25, 0.3) is 0 Å². The molecule has 1 amide bonds. The summed E-state index contributed by atoms with van der Waals surface area (Å²) in [7, 11) is 3.50. The third kappa shape index (κ3) is 7.50. The van der Waals surface area contributed by atoms with Gasteiger partial charge in [0.2, 0.25) is 5.91 Å². The van der Waals surface area contributed by atoms with Gasteiger partial charge in [-0.1, -0.05) is 0 Å². The van der Waals surface area contributed by atoms with Crippen LogP contribution in [0.1, 0.15) is 45.4 Å². The highest BCUT2D eigenvalue weighted by atomic mass is 16.5. The van der Waals surface area contributed by atoms with Gasteiger partial charge in [0, 0.05) is 47.0 Å². The van der Waals surface area contributed by atoms with Crippen LogP contribution in [0.15, 0.2) is 4.99 Å². The Labute approximate surface area is 157 Å². The van der Waals surface area contributed by atoms with E-state index < -0.39 is 0 Å². The molecule has 7 heteroatoms. The predicted octanol–water partition coefficient (Wildman–Crippen LogP) is 1.39. The molecule has 0 radical (unpaired) electrons. The molecule has 7 nitrogen and oxygen atoms in total. The summed E-state index contributed by atoms with van der Waals surface area (Å²) < 4.78 is 11.3. The Bertz CT molecular complexity index is 458. The molecule has 150 valence electrons. The predicted molar refractivity (Wildman–Crippen MR) is 103 cm³/mol. The van der Waals surface area contributed by atoms with Crippen LogP contribution < -0.4 is 10.6 Å². The van der Waals surface area contributed by atoms with Crippen LogP contribution in [-0.2, 0) is 14.3 Å². The quantitative estimate of drug-likeness (QED) is 0.346. The lowest BCUT2D eigenvalue weighted by atomic mass is 10.0. The van der Waals surface area contributed by atoms with Gasteiger partial charge in [-0.2, -0.15) is 0 Å². The maximum atomic E-state index is 11.9. The van der Waals surface area contributed by atoms with E-state index in [1.54, 1.807) is 19.0 Å². The van der Waals surface area contributed by atoms with Crippen LogP contribution in [0, 0.1) is 5.41 Å². The molecule has 26 heavy (non-hydrogen) atoms. The Balaban J connectivity index is 1.83. The number of hydrogen-bond donors (Lipinski definition) is 2. The van der Waals surface area contributed by atoms with Gasteiger partial charge in [0.1, 0.15) is 6.54 Å². The number of rotatable bonds is 10. The highest BCUT2D eigenvalue weighted by Gasteiger charge is 2.42. The Morgan fingerprint density at radius 2 is 2.12 bits per heavy atom. The van der Waals surface area contributed by atoms with Gasteiger partial charge in [0.05, 0.1) is 6.10 Å². The first-order valence-electron chi connectivity index (χ1n) is 9.96. The van der Waals surface area contributed by atoms with Crippen molar-refractivity contribution in [2.45, 2.75) is 51.6 Å². The number of aliphatic imine (C=N–C) groups is 1. The van der Waals surface area contributed by atoms with Gasteiger partial charge in [-0.05, 0) is 50.9 Å². The molecule has 2 aliphatic rings. The average molecular weight is 369 g/mol. The second kappa shape index (κ2) is 10.7. The molecule has 1 aliphatic carbocycles. The number of likely N-dealkylation sites (N-methyl/N-ethyl adjacent to an activating group) is 1. The van der Waals surface area contributed by atoms with E-state index in [1.807, 2.05) is 6.92 Å². The molecular weight excluding hydrogens is 332 g/mol. The van der Waals surface area contributed by atoms with E-state index in [0.29, 0.717) is 11.4 Å². The van der Waals surface area contributed by atoms with Crippen molar-refractivity contribution in [3.63, 3.8) is 0 Å². The molecule has 1 aliphatic heterocycles. The Morgan fingerprint density at radius 3 is 2.73 bits per heavy atom. The largest absolute Gasteiger partial charge is 0.382 e. The van der Waals surface area contributed by atoms with Crippen LogP contribution in [-0.4, -0.2) is 76.4 Å². The fraction of sp³-hybridized carbons (Fsp3) is 0.895. The summed E-state index contributed by atoms with van der Waals surface area (Å²) in [5.74, 6) is 0.703. The maximum Gasteiger partial charge on any atom is 0.243 e. The maximum absolute atomic E-state index is 11.9. The van der Waals surface area contributed by atoms with Gasteiger partial charge in [-0.25, -0.2) is 4.99 Å². The summed E-state index contributed by atoms with van der Waals surface area (Å²) in [5.41, 5.74) is 0.324. The van der Waals surface area contributed by atoms with E-state index in [2.05, 4.69) is 15.6 Å². The average Bonchev–Trinajstić information content (AvgIpc) is 3.42. The van der Waals surface area contributed by atoms with Gasteiger partial charge >= 0.3 is 0 Å². The fourth-order valence-corrected chi connectivity index (χ4v) is 3.04. The van der Waals surface area contributed by atoms with Crippen LogP contribution in [0.5, 0.6) is 0 Å². The monoisotopic (exact) mass is 368 g/mol. The Hall–Kier alpha value is -1.34. The normalized spacial score (nSPS) is 22.0. The van der Waals surface area contributed by atoms with Crippen LogP contribution in [0.4, 0.5) is 0 Å². The van der Waals surface area contributed by atoms with Crippen LogP contribution >= 0.6 is 0 Å². The van der Waals surface area contributed by atoms with Crippen molar-refractivity contribution in [1.82, 2.24) is 15.5 Å². The third-order valence-electron chi connectivity index (χ3n) is 5.21. The molecule has 2 N–H and O–H groups in total. The molecule has 1 unspecified atom stereocenters. The Kier molecular flexibility index (Phi) is 8.65. The van der Waals surface area contributed by atoms with Crippen molar-refractivity contribution in [3.8, 4) is 0 Å². The van der Waals surface area contributed by atoms with Crippen molar-refractivity contribution < 1.29 is 14.3 Å². The summed E-state index contributed by atoms with van der Waals surface area (Å²) in [4.78, 5) is 17.9. The third-order valence-corrected chi connectivity index (χ3v) is 5.21. The number of hydrogen-bond acceptors (Lipinski definition) is 4.